The summed E-state index contributed by atoms with van der Waals surface area (Å²) < 4.78 is 43.2. The Morgan fingerprint density at radius 1 is 0.895 bits per heavy atom. The van der Waals surface area contributed by atoms with Gasteiger partial charge in [-0.2, -0.15) is 13.2 Å². The third-order valence-electron chi connectivity index (χ3n) is 2.96. The third-order valence-corrected chi connectivity index (χ3v) is 2.96. The van der Waals surface area contributed by atoms with Crippen molar-refractivity contribution < 1.29 is 17.6 Å². The van der Waals surface area contributed by atoms with Crippen molar-refractivity contribution in [3.05, 3.63) is 60.4 Å². The first-order chi connectivity index (χ1) is 9.05. The number of furan rings is 1. The number of hydrogen-bond donors (Lipinski definition) is 0. The lowest BCUT2D eigenvalue weighted by molar-refractivity contribution is -0.137. The van der Waals surface area contributed by atoms with Crippen molar-refractivity contribution in [3.8, 4) is 11.3 Å². The summed E-state index contributed by atoms with van der Waals surface area (Å²) in [5, 5.41) is 1.13. The van der Waals surface area contributed by atoms with Crippen LogP contribution in [0.25, 0.3) is 22.1 Å². The van der Waals surface area contributed by atoms with Crippen LogP contribution in [0.2, 0.25) is 0 Å². The minimum Gasteiger partial charge on any atom is -0.463 e. The van der Waals surface area contributed by atoms with Crippen LogP contribution in [0.1, 0.15) is 5.56 Å². The number of halogens is 3. The van der Waals surface area contributed by atoms with Gasteiger partial charge in [0.1, 0.15) is 5.76 Å². The van der Waals surface area contributed by atoms with E-state index in [1.54, 1.807) is 0 Å². The second kappa shape index (κ2) is 4.16. The summed E-state index contributed by atoms with van der Waals surface area (Å²) in [4.78, 5) is 0. The number of alkyl halides is 3. The standard InChI is InChI=1S/C15H9F3O/c16-15(17,18)12-6-7-13-11(8-12)9-19-14(13)10-4-2-1-3-5-10/h1-9H. The highest BCUT2D eigenvalue weighted by molar-refractivity contribution is 5.94. The molecular formula is C15H9F3O. The fourth-order valence-corrected chi connectivity index (χ4v) is 2.04. The third kappa shape index (κ3) is 2.10. The van der Waals surface area contributed by atoms with Gasteiger partial charge in [0, 0.05) is 16.3 Å². The molecule has 0 spiro atoms. The lowest BCUT2D eigenvalue weighted by Gasteiger charge is -2.05. The molecule has 0 atom stereocenters. The van der Waals surface area contributed by atoms with E-state index in [4.69, 9.17) is 4.42 Å². The SMILES string of the molecule is FC(F)(F)c1ccc2c(-c3ccccc3)occ2c1. The summed E-state index contributed by atoms with van der Waals surface area (Å²) in [5.41, 5.74) is 0.178. The van der Waals surface area contributed by atoms with E-state index in [2.05, 4.69) is 0 Å². The Labute approximate surface area is 107 Å². The molecule has 0 unspecified atom stereocenters. The maximum Gasteiger partial charge on any atom is 0.416 e. The van der Waals surface area contributed by atoms with Crippen molar-refractivity contribution in [2.75, 3.05) is 0 Å². The highest BCUT2D eigenvalue weighted by atomic mass is 19.4. The maximum absolute atomic E-state index is 12.6. The molecule has 0 fully saturated rings. The van der Waals surface area contributed by atoms with Gasteiger partial charge in [-0.1, -0.05) is 30.3 Å². The van der Waals surface area contributed by atoms with Gasteiger partial charge in [0.05, 0.1) is 11.8 Å². The zero-order valence-electron chi connectivity index (χ0n) is 9.74. The Hall–Kier alpha value is -2.23. The fraction of sp³-hybridized carbons (Fsp3) is 0.0667. The molecule has 1 nitrogen and oxygen atoms in total. The van der Waals surface area contributed by atoms with E-state index in [9.17, 15) is 13.2 Å². The van der Waals surface area contributed by atoms with E-state index in [1.807, 2.05) is 30.3 Å². The van der Waals surface area contributed by atoms with Crippen molar-refractivity contribution in [1.29, 1.82) is 0 Å². The highest BCUT2D eigenvalue weighted by Gasteiger charge is 2.30. The van der Waals surface area contributed by atoms with Crippen molar-refractivity contribution >= 4 is 10.8 Å². The molecule has 4 heteroatoms. The summed E-state index contributed by atoms with van der Waals surface area (Å²) in [5.74, 6) is 0.587. The second-order valence-electron chi connectivity index (χ2n) is 4.23. The minimum absolute atomic E-state index is 0.452. The topological polar surface area (TPSA) is 13.1 Å². The molecule has 0 amide bonds. The van der Waals surface area contributed by atoms with Crippen LogP contribution in [0.4, 0.5) is 13.2 Å². The second-order valence-corrected chi connectivity index (χ2v) is 4.23. The first-order valence-electron chi connectivity index (χ1n) is 5.69. The molecule has 1 heterocycles. The van der Waals surface area contributed by atoms with Crippen LogP contribution >= 0.6 is 0 Å². The van der Waals surface area contributed by atoms with E-state index >= 15 is 0 Å². The van der Waals surface area contributed by atoms with Gasteiger partial charge >= 0.3 is 6.18 Å². The Morgan fingerprint density at radius 2 is 1.63 bits per heavy atom. The maximum atomic E-state index is 12.6. The van der Waals surface area contributed by atoms with E-state index in [0.29, 0.717) is 16.5 Å². The van der Waals surface area contributed by atoms with Gasteiger partial charge in [-0.3, -0.25) is 0 Å². The number of hydrogen-bond acceptors (Lipinski definition) is 1. The van der Waals surface area contributed by atoms with Gasteiger partial charge in [0.2, 0.25) is 0 Å². The predicted octanol–water partition coefficient (Wildman–Crippen LogP) is 5.12. The molecule has 96 valence electrons. The molecular weight excluding hydrogens is 253 g/mol. The van der Waals surface area contributed by atoms with E-state index < -0.39 is 11.7 Å². The van der Waals surface area contributed by atoms with Crippen LogP contribution in [0.5, 0.6) is 0 Å². The van der Waals surface area contributed by atoms with Gasteiger partial charge in [-0.05, 0) is 18.2 Å². The first kappa shape index (κ1) is 11.8. The van der Waals surface area contributed by atoms with Crippen LogP contribution in [0.15, 0.2) is 59.2 Å². The summed E-state index contributed by atoms with van der Waals surface area (Å²) in [6, 6.07) is 12.9. The van der Waals surface area contributed by atoms with E-state index in [1.165, 1.54) is 12.3 Å². The van der Waals surface area contributed by atoms with Crippen molar-refractivity contribution in [3.63, 3.8) is 0 Å². The lowest BCUT2D eigenvalue weighted by Crippen LogP contribution is -2.03. The molecule has 0 aliphatic heterocycles. The molecule has 3 aromatic rings. The predicted molar refractivity (Wildman–Crippen MR) is 66.7 cm³/mol. The zero-order chi connectivity index (χ0) is 13.5. The average Bonchev–Trinajstić information content (AvgIpc) is 2.81. The Bertz CT molecular complexity index is 711. The minimum atomic E-state index is -4.33. The molecule has 0 aliphatic rings. The van der Waals surface area contributed by atoms with Crippen molar-refractivity contribution in [2.24, 2.45) is 0 Å². The Morgan fingerprint density at radius 3 is 2.32 bits per heavy atom. The van der Waals surface area contributed by atoms with Crippen LogP contribution in [-0.4, -0.2) is 0 Å². The fourth-order valence-electron chi connectivity index (χ4n) is 2.04. The highest BCUT2D eigenvalue weighted by Crippen LogP contribution is 2.35. The van der Waals surface area contributed by atoms with Crippen LogP contribution in [0.3, 0.4) is 0 Å². The summed E-state index contributed by atoms with van der Waals surface area (Å²) in [6.45, 7) is 0. The lowest BCUT2D eigenvalue weighted by atomic mass is 10.1. The normalized spacial score (nSPS) is 11.9. The summed E-state index contributed by atoms with van der Waals surface area (Å²) in [6.07, 6.45) is -2.98. The van der Waals surface area contributed by atoms with Crippen molar-refractivity contribution in [1.82, 2.24) is 0 Å². The molecule has 0 saturated heterocycles. The average molecular weight is 262 g/mol. The van der Waals surface area contributed by atoms with E-state index in [0.717, 1.165) is 17.7 Å². The van der Waals surface area contributed by atoms with Crippen LogP contribution in [0, 0.1) is 0 Å². The monoisotopic (exact) mass is 262 g/mol. The van der Waals surface area contributed by atoms with Gasteiger partial charge in [0.25, 0.3) is 0 Å². The molecule has 3 rings (SSSR count). The molecule has 0 radical (unpaired) electrons. The molecule has 0 N–H and O–H groups in total. The molecule has 0 aliphatic carbocycles. The number of fused-ring (bicyclic) bond motifs is 1. The molecule has 1 aromatic heterocycles. The molecule has 0 saturated carbocycles. The summed E-state index contributed by atoms with van der Waals surface area (Å²) >= 11 is 0. The zero-order valence-corrected chi connectivity index (χ0v) is 9.74. The molecule has 2 aromatic carbocycles. The molecule has 19 heavy (non-hydrogen) atoms. The summed E-state index contributed by atoms with van der Waals surface area (Å²) in [7, 11) is 0. The quantitative estimate of drug-likeness (QED) is 0.593. The number of benzene rings is 2. The van der Waals surface area contributed by atoms with Crippen molar-refractivity contribution in [2.45, 2.75) is 6.18 Å². The van der Waals surface area contributed by atoms with Crippen LogP contribution < -0.4 is 0 Å². The van der Waals surface area contributed by atoms with Gasteiger partial charge in [-0.25, -0.2) is 0 Å². The Balaban J connectivity index is 2.16. The van der Waals surface area contributed by atoms with Crippen LogP contribution in [-0.2, 0) is 6.18 Å². The van der Waals surface area contributed by atoms with E-state index in [-0.39, 0.29) is 0 Å². The smallest absolute Gasteiger partial charge is 0.416 e. The molecule has 0 bridgehead atoms. The largest absolute Gasteiger partial charge is 0.463 e. The Kier molecular flexibility index (Phi) is 2.59. The number of rotatable bonds is 1. The van der Waals surface area contributed by atoms with Gasteiger partial charge < -0.3 is 4.42 Å². The first-order valence-corrected chi connectivity index (χ1v) is 5.69. The van der Waals surface area contributed by atoms with Gasteiger partial charge in [0.15, 0.2) is 0 Å². The van der Waals surface area contributed by atoms with Gasteiger partial charge in [-0.15, -0.1) is 0 Å².